The molecule has 2 heterocycles. The predicted molar refractivity (Wildman–Crippen MR) is 98.7 cm³/mol. The van der Waals surface area contributed by atoms with Crippen LogP contribution in [0.4, 0.5) is 0 Å². The van der Waals surface area contributed by atoms with E-state index in [1.165, 1.54) is 44.2 Å². The van der Waals surface area contributed by atoms with Gasteiger partial charge in [0.2, 0.25) is 0 Å². The Kier molecular flexibility index (Phi) is 3.40. The average Bonchev–Trinajstić information content (AvgIpc) is 3.21. The molecule has 0 aromatic carbocycles. The van der Waals surface area contributed by atoms with Crippen LogP contribution < -0.4 is 0 Å². The summed E-state index contributed by atoms with van der Waals surface area (Å²) in [6.07, 6.45) is 13.9. The van der Waals surface area contributed by atoms with Gasteiger partial charge in [-0.1, -0.05) is 0 Å². The molecule has 0 saturated heterocycles. The van der Waals surface area contributed by atoms with E-state index in [0.29, 0.717) is 11.0 Å². The summed E-state index contributed by atoms with van der Waals surface area (Å²) in [4.78, 5) is 4.97. The second-order valence-electron chi connectivity index (χ2n) is 8.35. The van der Waals surface area contributed by atoms with E-state index in [0.717, 1.165) is 28.3 Å². The van der Waals surface area contributed by atoms with E-state index in [1.807, 2.05) is 19.3 Å². The molecule has 0 radical (unpaired) electrons. The molecule has 0 atom stereocenters. The highest BCUT2D eigenvalue weighted by Crippen LogP contribution is 2.60. The van der Waals surface area contributed by atoms with Gasteiger partial charge in [-0.3, -0.25) is 4.68 Å². The van der Waals surface area contributed by atoms with Crippen molar-refractivity contribution in [1.29, 1.82) is 5.26 Å². The van der Waals surface area contributed by atoms with Crippen molar-refractivity contribution in [3.63, 3.8) is 0 Å². The Morgan fingerprint density at radius 3 is 2.52 bits per heavy atom. The van der Waals surface area contributed by atoms with Gasteiger partial charge in [-0.25, -0.2) is 4.98 Å². The second-order valence-corrected chi connectivity index (χ2v) is 9.21. The zero-order valence-corrected chi connectivity index (χ0v) is 15.3. The van der Waals surface area contributed by atoms with E-state index in [-0.39, 0.29) is 0 Å². The lowest BCUT2D eigenvalue weighted by molar-refractivity contribution is -0.00694. The average molecular weight is 350 g/mol. The lowest BCUT2D eigenvalue weighted by Gasteiger charge is -2.56. The van der Waals surface area contributed by atoms with Gasteiger partial charge in [0.25, 0.3) is 0 Å². The quantitative estimate of drug-likeness (QED) is 0.771. The Bertz CT molecular complexity index is 846. The summed E-state index contributed by atoms with van der Waals surface area (Å²) in [5.74, 6) is 2.74. The summed E-state index contributed by atoms with van der Waals surface area (Å²) in [6.45, 7) is 0. The van der Waals surface area contributed by atoms with Gasteiger partial charge in [0, 0.05) is 29.6 Å². The van der Waals surface area contributed by atoms with Gasteiger partial charge >= 0.3 is 0 Å². The third kappa shape index (κ3) is 2.55. The first kappa shape index (κ1) is 15.3. The first-order chi connectivity index (χ1) is 12.1. The summed E-state index contributed by atoms with van der Waals surface area (Å²) in [5, 5.41) is 16.9. The highest BCUT2D eigenvalue weighted by molar-refractivity contribution is 7.11. The standard InChI is InChI=1S/C20H22N4S/c1-24-11-16(10-22-24)5-17(9-21)19-23-18(12-25-19)20-6-13-2-14(7-20)4-15(3-13)8-20/h5,10-15H,2-4,6-8H2,1H3/b17-5-. The zero-order valence-electron chi connectivity index (χ0n) is 14.5. The Hall–Kier alpha value is -1.93. The molecule has 0 spiro atoms. The number of aryl methyl sites for hydroxylation is 1. The molecule has 128 valence electrons. The van der Waals surface area contributed by atoms with Crippen molar-refractivity contribution in [3.05, 3.63) is 34.0 Å². The molecule has 25 heavy (non-hydrogen) atoms. The number of hydrogen-bond acceptors (Lipinski definition) is 4. The third-order valence-corrected chi connectivity index (χ3v) is 7.35. The van der Waals surface area contributed by atoms with Crippen molar-refractivity contribution < 1.29 is 0 Å². The highest BCUT2D eigenvalue weighted by Gasteiger charge is 2.52. The van der Waals surface area contributed by atoms with Crippen molar-refractivity contribution in [2.75, 3.05) is 0 Å². The second kappa shape index (κ2) is 5.54. The van der Waals surface area contributed by atoms with Crippen LogP contribution in [0.2, 0.25) is 0 Å². The molecule has 4 aliphatic carbocycles. The third-order valence-electron chi connectivity index (χ3n) is 6.47. The van der Waals surface area contributed by atoms with Crippen molar-refractivity contribution in [3.8, 4) is 6.07 Å². The minimum Gasteiger partial charge on any atom is -0.275 e. The summed E-state index contributed by atoms with van der Waals surface area (Å²) in [5.41, 5.74) is 3.16. The van der Waals surface area contributed by atoms with Crippen molar-refractivity contribution in [1.82, 2.24) is 14.8 Å². The number of nitriles is 1. The summed E-state index contributed by atoms with van der Waals surface area (Å²) in [6, 6.07) is 2.34. The number of thiazole rings is 1. The van der Waals surface area contributed by atoms with Gasteiger partial charge in [0.1, 0.15) is 11.1 Å². The monoisotopic (exact) mass is 350 g/mol. The fourth-order valence-electron chi connectivity index (χ4n) is 5.89. The molecule has 2 aromatic heterocycles. The van der Waals surface area contributed by atoms with Gasteiger partial charge < -0.3 is 0 Å². The molecule has 2 aromatic rings. The zero-order chi connectivity index (χ0) is 17.0. The fourth-order valence-corrected chi connectivity index (χ4v) is 6.80. The van der Waals surface area contributed by atoms with Crippen LogP contribution in [0.1, 0.15) is 54.8 Å². The molecular weight excluding hydrogens is 328 g/mol. The number of rotatable bonds is 3. The first-order valence-electron chi connectivity index (χ1n) is 9.20. The minimum atomic E-state index is 0.304. The van der Waals surface area contributed by atoms with Gasteiger partial charge in [-0.2, -0.15) is 10.4 Å². The van der Waals surface area contributed by atoms with Crippen LogP contribution in [0, 0.1) is 29.1 Å². The molecule has 0 aliphatic heterocycles. The summed E-state index contributed by atoms with van der Waals surface area (Å²) < 4.78 is 1.75. The van der Waals surface area contributed by atoms with Gasteiger partial charge in [0.15, 0.2) is 0 Å². The molecule has 4 fully saturated rings. The summed E-state index contributed by atoms with van der Waals surface area (Å²) in [7, 11) is 1.89. The lowest BCUT2D eigenvalue weighted by atomic mass is 9.49. The van der Waals surface area contributed by atoms with E-state index in [2.05, 4.69) is 16.5 Å². The molecule has 6 rings (SSSR count). The van der Waals surface area contributed by atoms with Crippen LogP contribution in [0.25, 0.3) is 11.6 Å². The van der Waals surface area contributed by atoms with E-state index >= 15 is 0 Å². The van der Waals surface area contributed by atoms with Crippen LogP contribution in [0.3, 0.4) is 0 Å². The topological polar surface area (TPSA) is 54.5 Å². The van der Waals surface area contributed by atoms with Crippen LogP contribution in [-0.2, 0) is 12.5 Å². The molecule has 0 unspecified atom stereocenters. The van der Waals surface area contributed by atoms with Crippen molar-refractivity contribution >= 4 is 23.0 Å². The van der Waals surface area contributed by atoms with Gasteiger partial charge in [-0.15, -0.1) is 11.3 Å². The van der Waals surface area contributed by atoms with Gasteiger partial charge in [-0.05, 0) is 62.4 Å². The maximum atomic E-state index is 9.61. The van der Waals surface area contributed by atoms with Crippen molar-refractivity contribution in [2.24, 2.45) is 24.8 Å². The van der Waals surface area contributed by atoms with E-state index in [4.69, 9.17) is 4.98 Å². The maximum absolute atomic E-state index is 9.61. The Labute approximate surface area is 152 Å². The van der Waals surface area contributed by atoms with E-state index < -0.39 is 0 Å². The molecule has 4 nitrogen and oxygen atoms in total. The van der Waals surface area contributed by atoms with E-state index in [9.17, 15) is 5.26 Å². The molecule has 5 heteroatoms. The minimum absolute atomic E-state index is 0.304. The van der Waals surface area contributed by atoms with Crippen LogP contribution >= 0.6 is 11.3 Å². The molecule has 0 amide bonds. The molecule has 4 bridgehead atoms. The van der Waals surface area contributed by atoms with Crippen LogP contribution in [0.5, 0.6) is 0 Å². The van der Waals surface area contributed by atoms with Gasteiger partial charge in [0.05, 0.1) is 17.5 Å². The maximum Gasteiger partial charge on any atom is 0.134 e. The largest absolute Gasteiger partial charge is 0.275 e. The Morgan fingerprint density at radius 2 is 1.96 bits per heavy atom. The van der Waals surface area contributed by atoms with Crippen LogP contribution in [-0.4, -0.2) is 14.8 Å². The lowest BCUT2D eigenvalue weighted by Crippen LogP contribution is -2.48. The molecular formula is C20H22N4S. The van der Waals surface area contributed by atoms with Crippen molar-refractivity contribution in [2.45, 2.75) is 43.9 Å². The normalized spacial score (nSPS) is 33.6. The molecule has 0 N–H and O–H groups in total. The number of nitrogens with zero attached hydrogens (tertiary/aromatic N) is 4. The fraction of sp³-hybridized carbons (Fsp3) is 0.550. The number of hydrogen-bond donors (Lipinski definition) is 0. The Balaban J connectivity index is 1.47. The number of allylic oxidation sites excluding steroid dienone is 1. The SMILES string of the molecule is Cn1cc(/C=C(/C#N)c2nc(C34CC5CC(CC(C5)C3)C4)cs2)cn1. The highest BCUT2D eigenvalue weighted by atomic mass is 32.1. The Morgan fingerprint density at radius 1 is 1.28 bits per heavy atom. The van der Waals surface area contributed by atoms with E-state index in [1.54, 1.807) is 22.2 Å². The summed E-state index contributed by atoms with van der Waals surface area (Å²) >= 11 is 1.63. The smallest absolute Gasteiger partial charge is 0.134 e. The number of aromatic nitrogens is 3. The molecule has 4 saturated carbocycles. The predicted octanol–water partition coefficient (Wildman–Crippen LogP) is 4.41. The first-order valence-corrected chi connectivity index (χ1v) is 10.1. The molecule has 4 aliphatic rings. The van der Waals surface area contributed by atoms with Crippen LogP contribution in [0.15, 0.2) is 17.8 Å².